The minimum Gasteiger partial charge on any atom is -0.497 e. The van der Waals surface area contributed by atoms with Crippen molar-refractivity contribution >= 4 is 11.8 Å². The van der Waals surface area contributed by atoms with Gasteiger partial charge >= 0.3 is 6.36 Å². The Morgan fingerprint density at radius 1 is 0.917 bits per heavy atom. The average Bonchev–Trinajstić information content (AvgIpc) is 3.27. The molecule has 0 atom stereocenters. The lowest BCUT2D eigenvalue weighted by Crippen LogP contribution is -2.44. The highest BCUT2D eigenvalue weighted by atomic mass is 19.4. The number of rotatable bonds is 6. The van der Waals surface area contributed by atoms with E-state index >= 15 is 0 Å². The number of methoxy groups -OCH3 is 2. The highest BCUT2D eigenvalue weighted by Crippen LogP contribution is 2.41. The first kappa shape index (κ1) is 25.7. The molecule has 2 aliphatic heterocycles. The summed E-state index contributed by atoms with van der Waals surface area (Å²) >= 11 is 0. The van der Waals surface area contributed by atoms with E-state index in [2.05, 4.69) is 4.74 Å². The molecular formula is C26H29F3N2O5. The van der Waals surface area contributed by atoms with Crippen LogP contribution in [0.3, 0.4) is 0 Å². The third kappa shape index (κ3) is 5.68. The molecule has 0 aliphatic carbocycles. The van der Waals surface area contributed by atoms with Gasteiger partial charge in [-0.1, -0.05) is 18.2 Å². The summed E-state index contributed by atoms with van der Waals surface area (Å²) in [5, 5.41) is 0. The number of hydrogen-bond donors (Lipinski definition) is 0. The molecule has 2 aromatic rings. The van der Waals surface area contributed by atoms with E-state index in [1.165, 1.54) is 32.4 Å². The number of hydrogen-bond acceptors (Lipinski definition) is 5. The Hall–Kier alpha value is -3.43. The Morgan fingerprint density at radius 3 is 2.22 bits per heavy atom. The fraction of sp³-hybridized carbons (Fsp3) is 0.462. The maximum atomic E-state index is 13.2. The molecule has 0 unspecified atom stereocenters. The molecule has 194 valence electrons. The first-order valence-electron chi connectivity index (χ1n) is 11.8. The van der Waals surface area contributed by atoms with Crippen LogP contribution in [0.15, 0.2) is 42.5 Å². The van der Waals surface area contributed by atoms with E-state index in [0.29, 0.717) is 43.2 Å². The van der Waals surface area contributed by atoms with Gasteiger partial charge in [-0.05, 0) is 48.9 Å². The Balaban J connectivity index is 1.37. The SMILES string of the molecule is COc1ccc(OC)c(C(=O)N2CCC3(CCN(C(=O)Cc4ccccc4OC(F)(F)F)C3)CC2)c1. The fourth-order valence-corrected chi connectivity index (χ4v) is 5.04. The number of amides is 2. The maximum absolute atomic E-state index is 13.2. The number of likely N-dealkylation sites (tertiary alicyclic amines) is 2. The Kier molecular flexibility index (Phi) is 7.33. The van der Waals surface area contributed by atoms with Crippen LogP contribution in [0.5, 0.6) is 17.2 Å². The second-order valence-corrected chi connectivity index (χ2v) is 9.26. The van der Waals surface area contributed by atoms with Gasteiger partial charge < -0.3 is 24.0 Å². The van der Waals surface area contributed by atoms with Crippen LogP contribution in [0.1, 0.15) is 35.2 Å². The zero-order valence-electron chi connectivity index (χ0n) is 20.3. The number of carbonyl (C=O) groups excluding carboxylic acids is 2. The highest BCUT2D eigenvalue weighted by molar-refractivity contribution is 5.97. The summed E-state index contributed by atoms with van der Waals surface area (Å²) in [5.41, 5.74) is 0.538. The van der Waals surface area contributed by atoms with Gasteiger partial charge in [0.2, 0.25) is 5.91 Å². The van der Waals surface area contributed by atoms with Crippen LogP contribution in [0.2, 0.25) is 0 Å². The predicted octanol–water partition coefficient (Wildman–Crippen LogP) is 4.30. The van der Waals surface area contributed by atoms with Crippen LogP contribution in [0.4, 0.5) is 13.2 Å². The molecule has 2 fully saturated rings. The van der Waals surface area contributed by atoms with Crippen molar-refractivity contribution in [1.82, 2.24) is 9.80 Å². The summed E-state index contributed by atoms with van der Waals surface area (Å²) in [7, 11) is 3.05. The predicted molar refractivity (Wildman–Crippen MR) is 125 cm³/mol. The van der Waals surface area contributed by atoms with Gasteiger partial charge in [-0.2, -0.15) is 0 Å². The number of alkyl halides is 3. The maximum Gasteiger partial charge on any atom is 0.573 e. The van der Waals surface area contributed by atoms with E-state index in [1.54, 1.807) is 34.1 Å². The molecule has 10 heteroatoms. The Labute approximate surface area is 207 Å². The summed E-state index contributed by atoms with van der Waals surface area (Å²) in [6.07, 6.45) is -2.71. The molecule has 0 bridgehead atoms. The second kappa shape index (κ2) is 10.3. The number of para-hydroxylation sites is 1. The summed E-state index contributed by atoms with van der Waals surface area (Å²) in [5.74, 6) is 0.331. The zero-order valence-corrected chi connectivity index (χ0v) is 20.3. The number of benzene rings is 2. The van der Waals surface area contributed by atoms with E-state index in [-0.39, 0.29) is 35.0 Å². The molecule has 0 aromatic heterocycles. The molecule has 2 aliphatic rings. The molecular weight excluding hydrogens is 477 g/mol. The van der Waals surface area contributed by atoms with Gasteiger partial charge in [0.05, 0.1) is 26.2 Å². The minimum absolute atomic E-state index is 0.104. The summed E-state index contributed by atoms with van der Waals surface area (Å²) in [6.45, 7) is 2.16. The summed E-state index contributed by atoms with van der Waals surface area (Å²) < 4.78 is 52.8. The lowest BCUT2D eigenvalue weighted by Gasteiger charge is -2.39. The largest absolute Gasteiger partial charge is 0.573 e. The molecule has 0 N–H and O–H groups in total. The number of halogens is 3. The van der Waals surface area contributed by atoms with Crippen LogP contribution in [0, 0.1) is 5.41 Å². The molecule has 2 saturated heterocycles. The Bertz CT molecular complexity index is 1110. The first-order valence-corrected chi connectivity index (χ1v) is 11.8. The van der Waals surface area contributed by atoms with Crippen LogP contribution in [-0.4, -0.2) is 68.4 Å². The smallest absolute Gasteiger partial charge is 0.497 e. The van der Waals surface area contributed by atoms with Crippen LogP contribution < -0.4 is 14.2 Å². The summed E-state index contributed by atoms with van der Waals surface area (Å²) in [6, 6.07) is 10.8. The fourth-order valence-electron chi connectivity index (χ4n) is 5.04. The van der Waals surface area contributed by atoms with Gasteiger partial charge in [0.25, 0.3) is 5.91 Å². The van der Waals surface area contributed by atoms with E-state index < -0.39 is 6.36 Å². The zero-order chi connectivity index (χ0) is 25.9. The normalized spacial score (nSPS) is 17.2. The lowest BCUT2D eigenvalue weighted by atomic mass is 9.77. The number of piperidine rings is 1. The van der Waals surface area contributed by atoms with Crippen molar-refractivity contribution in [2.24, 2.45) is 5.41 Å². The molecule has 4 rings (SSSR count). The molecule has 2 amide bonds. The van der Waals surface area contributed by atoms with E-state index in [9.17, 15) is 22.8 Å². The number of nitrogens with zero attached hydrogens (tertiary/aromatic N) is 2. The standard InChI is InChI=1S/C26H29F3N2O5/c1-34-19-7-8-22(35-2)20(16-19)24(33)30-12-9-25(10-13-30)11-14-31(17-25)23(32)15-18-5-3-4-6-21(18)36-26(27,28)29/h3-8,16H,9-15,17H2,1-2H3. The minimum atomic E-state index is -4.82. The van der Waals surface area contributed by atoms with Gasteiger partial charge in [-0.3, -0.25) is 9.59 Å². The van der Waals surface area contributed by atoms with E-state index in [0.717, 1.165) is 19.3 Å². The van der Waals surface area contributed by atoms with Crippen molar-refractivity contribution in [3.05, 3.63) is 53.6 Å². The van der Waals surface area contributed by atoms with Crippen LogP contribution in [0.25, 0.3) is 0 Å². The molecule has 7 nitrogen and oxygen atoms in total. The summed E-state index contributed by atoms with van der Waals surface area (Å²) in [4.78, 5) is 29.6. The molecule has 1 spiro atoms. The van der Waals surface area contributed by atoms with Crippen LogP contribution >= 0.6 is 0 Å². The van der Waals surface area contributed by atoms with Crippen LogP contribution in [-0.2, 0) is 11.2 Å². The quantitative estimate of drug-likeness (QED) is 0.585. The second-order valence-electron chi connectivity index (χ2n) is 9.26. The molecule has 0 saturated carbocycles. The Morgan fingerprint density at radius 2 is 1.58 bits per heavy atom. The number of carbonyl (C=O) groups is 2. The van der Waals surface area contributed by atoms with Crippen molar-refractivity contribution in [3.63, 3.8) is 0 Å². The third-order valence-corrected chi connectivity index (χ3v) is 7.08. The van der Waals surface area contributed by atoms with Gasteiger partial charge in [-0.15, -0.1) is 13.2 Å². The molecule has 0 radical (unpaired) electrons. The number of ether oxygens (including phenoxy) is 3. The van der Waals surface area contributed by atoms with Gasteiger partial charge in [-0.25, -0.2) is 0 Å². The van der Waals surface area contributed by atoms with Gasteiger partial charge in [0.1, 0.15) is 17.2 Å². The lowest BCUT2D eigenvalue weighted by molar-refractivity contribution is -0.274. The van der Waals surface area contributed by atoms with Gasteiger partial charge in [0.15, 0.2) is 0 Å². The topological polar surface area (TPSA) is 68.3 Å². The molecule has 2 aromatic carbocycles. The monoisotopic (exact) mass is 506 g/mol. The van der Waals surface area contributed by atoms with Crippen molar-refractivity contribution in [3.8, 4) is 17.2 Å². The van der Waals surface area contributed by atoms with E-state index in [1.807, 2.05) is 0 Å². The van der Waals surface area contributed by atoms with Crippen molar-refractivity contribution < 1.29 is 37.0 Å². The van der Waals surface area contributed by atoms with Gasteiger partial charge in [0, 0.05) is 31.7 Å². The van der Waals surface area contributed by atoms with Crippen molar-refractivity contribution in [1.29, 1.82) is 0 Å². The third-order valence-electron chi connectivity index (χ3n) is 7.08. The highest BCUT2D eigenvalue weighted by Gasteiger charge is 2.43. The molecule has 2 heterocycles. The average molecular weight is 507 g/mol. The van der Waals surface area contributed by atoms with Crippen molar-refractivity contribution in [2.45, 2.75) is 32.0 Å². The molecule has 36 heavy (non-hydrogen) atoms. The van der Waals surface area contributed by atoms with E-state index in [4.69, 9.17) is 9.47 Å². The van der Waals surface area contributed by atoms with Crippen molar-refractivity contribution in [2.75, 3.05) is 40.4 Å². The first-order chi connectivity index (χ1) is 17.1.